The predicted molar refractivity (Wildman–Crippen MR) is 188 cm³/mol. The number of aromatic hydroxyl groups is 4. The van der Waals surface area contributed by atoms with Crippen LogP contribution >= 0.6 is 0 Å². The molecule has 48 heavy (non-hydrogen) atoms. The molecule has 4 heterocycles. The highest BCUT2D eigenvalue weighted by Crippen LogP contribution is 2.45. The molecule has 0 fully saturated rings. The third-order valence-corrected chi connectivity index (χ3v) is 9.61. The van der Waals surface area contributed by atoms with E-state index in [9.17, 15) is 20.4 Å². The summed E-state index contributed by atoms with van der Waals surface area (Å²) in [4.78, 5) is 13.6. The number of aromatic amines is 4. The molecule has 9 aromatic rings. The largest absolute Gasteiger partial charge is 0.508 e. The van der Waals surface area contributed by atoms with Gasteiger partial charge in [-0.1, -0.05) is 24.3 Å². The maximum absolute atomic E-state index is 10.5. The fourth-order valence-electron chi connectivity index (χ4n) is 7.45. The number of nitrogens with one attached hydrogen (secondary N) is 4. The van der Waals surface area contributed by atoms with Crippen molar-refractivity contribution >= 4 is 43.6 Å². The third-order valence-electron chi connectivity index (χ3n) is 9.61. The Morgan fingerprint density at radius 2 is 0.646 bits per heavy atom. The molecule has 0 unspecified atom stereocenters. The van der Waals surface area contributed by atoms with Crippen molar-refractivity contribution in [1.29, 1.82) is 0 Å². The van der Waals surface area contributed by atoms with Gasteiger partial charge in [-0.2, -0.15) is 0 Å². The molecule has 5 aromatic carbocycles. The average Bonchev–Trinajstić information content (AvgIpc) is 3.88. The minimum Gasteiger partial charge on any atom is -0.508 e. The van der Waals surface area contributed by atoms with Crippen molar-refractivity contribution in [3.63, 3.8) is 0 Å². The minimum atomic E-state index is -0.282. The summed E-state index contributed by atoms with van der Waals surface area (Å²) >= 11 is 0. The number of phenolic OH excluding ortho intramolecular Hbond substituents is 4. The fraction of sp³-hybridized carbons (Fsp3) is 0.0500. The maximum Gasteiger partial charge on any atom is 0.116 e. The summed E-state index contributed by atoms with van der Waals surface area (Å²) in [6.07, 6.45) is 7.97. The normalized spacial score (nSPS) is 12.0. The molecule has 9 rings (SSSR count). The Morgan fingerprint density at radius 3 is 0.938 bits per heavy atom. The third kappa shape index (κ3) is 4.38. The number of phenols is 4. The molecule has 4 aromatic heterocycles. The standard InChI is InChI=1S/C40H30N4O4/c45-23-4-8-35-27(13-23)31(17-41-35)39(32-18-42-36-9-5-24(46)14-28(32)36)21-2-1-3-22(12-21)40(33-19-43-37-10-6-25(47)15-29(33)37)34-20-44-38-11-7-26(48)16-30(34)38/h1-20,39-48H. The lowest BCUT2D eigenvalue weighted by molar-refractivity contribution is 0.475. The van der Waals surface area contributed by atoms with Crippen LogP contribution in [0.3, 0.4) is 0 Å². The summed E-state index contributed by atoms with van der Waals surface area (Å²) in [5.41, 5.74) is 9.56. The molecule has 0 radical (unpaired) electrons. The number of hydrogen-bond donors (Lipinski definition) is 8. The first-order valence-corrected chi connectivity index (χ1v) is 15.7. The molecule has 0 saturated heterocycles. The molecule has 0 aliphatic carbocycles. The van der Waals surface area contributed by atoms with Crippen LogP contribution in [-0.4, -0.2) is 40.4 Å². The molecular weight excluding hydrogens is 600 g/mol. The van der Waals surface area contributed by atoms with Gasteiger partial charge in [0.15, 0.2) is 0 Å². The lowest BCUT2D eigenvalue weighted by Gasteiger charge is -2.22. The molecule has 8 nitrogen and oxygen atoms in total. The molecular formula is C40H30N4O4. The molecule has 0 aliphatic heterocycles. The van der Waals surface area contributed by atoms with Crippen molar-refractivity contribution in [3.8, 4) is 23.0 Å². The van der Waals surface area contributed by atoms with Gasteiger partial charge in [-0.25, -0.2) is 0 Å². The highest BCUT2D eigenvalue weighted by Gasteiger charge is 2.28. The van der Waals surface area contributed by atoms with Crippen molar-refractivity contribution in [2.24, 2.45) is 0 Å². The van der Waals surface area contributed by atoms with Gasteiger partial charge < -0.3 is 40.4 Å². The van der Waals surface area contributed by atoms with E-state index in [1.807, 2.05) is 49.1 Å². The Balaban J connectivity index is 1.30. The first-order chi connectivity index (χ1) is 23.4. The predicted octanol–water partition coefficient (Wildman–Crippen LogP) is 8.79. The van der Waals surface area contributed by atoms with Crippen molar-refractivity contribution in [2.45, 2.75) is 11.8 Å². The lowest BCUT2D eigenvalue weighted by atomic mass is 9.80. The second-order valence-corrected chi connectivity index (χ2v) is 12.4. The number of aromatic nitrogens is 4. The van der Waals surface area contributed by atoms with Crippen molar-refractivity contribution in [1.82, 2.24) is 19.9 Å². The Hall–Kier alpha value is -6.54. The number of rotatable bonds is 6. The van der Waals surface area contributed by atoms with E-state index in [2.05, 4.69) is 44.2 Å². The minimum absolute atomic E-state index is 0.178. The molecule has 0 amide bonds. The smallest absolute Gasteiger partial charge is 0.116 e. The number of hydrogen-bond acceptors (Lipinski definition) is 4. The van der Waals surface area contributed by atoms with Crippen LogP contribution in [0.4, 0.5) is 0 Å². The van der Waals surface area contributed by atoms with Crippen LogP contribution in [0.15, 0.2) is 122 Å². The quantitative estimate of drug-likeness (QED) is 0.0928. The second-order valence-electron chi connectivity index (χ2n) is 12.4. The van der Waals surface area contributed by atoms with Gasteiger partial charge in [0.25, 0.3) is 0 Å². The Bertz CT molecular complexity index is 2320. The summed E-state index contributed by atoms with van der Waals surface area (Å²) in [6.45, 7) is 0. The van der Waals surface area contributed by atoms with Crippen LogP contribution in [0.1, 0.15) is 45.2 Å². The molecule has 0 bridgehead atoms. The molecule has 8 N–H and O–H groups in total. The number of H-pyrrole nitrogens is 4. The van der Waals surface area contributed by atoms with Crippen molar-refractivity contribution in [2.75, 3.05) is 0 Å². The van der Waals surface area contributed by atoms with Gasteiger partial charge in [0.05, 0.1) is 0 Å². The fourth-order valence-corrected chi connectivity index (χ4v) is 7.45. The molecule has 234 valence electrons. The second kappa shape index (κ2) is 10.5. The topological polar surface area (TPSA) is 144 Å². The van der Waals surface area contributed by atoms with Crippen LogP contribution < -0.4 is 0 Å². The summed E-state index contributed by atoms with van der Waals surface area (Å²) < 4.78 is 0. The molecule has 0 aliphatic rings. The Labute approximate surface area is 273 Å². The summed E-state index contributed by atoms with van der Waals surface area (Å²) in [7, 11) is 0. The van der Waals surface area contributed by atoms with E-state index in [4.69, 9.17) is 0 Å². The maximum atomic E-state index is 10.5. The monoisotopic (exact) mass is 630 g/mol. The van der Waals surface area contributed by atoms with E-state index in [-0.39, 0.29) is 34.8 Å². The summed E-state index contributed by atoms with van der Waals surface area (Å²) in [5, 5.41) is 45.6. The van der Waals surface area contributed by atoms with E-state index in [1.165, 1.54) is 0 Å². The van der Waals surface area contributed by atoms with Gasteiger partial charge in [-0.3, -0.25) is 0 Å². The molecule has 8 heteroatoms. The van der Waals surface area contributed by atoms with Gasteiger partial charge in [-0.15, -0.1) is 0 Å². The van der Waals surface area contributed by atoms with Crippen LogP contribution in [0, 0.1) is 0 Å². The van der Waals surface area contributed by atoms with Gasteiger partial charge in [0.2, 0.25) is 0 Å². The van der Waals surface area contributed by atoms with Crippen LogP contribution in [0.25, 0.3) is 43.6 Å². The molecule has 0 spiro atoms. The van der Waals surface area contributed by atoms with Crippen LogP contribution in [0.5, 0.6) is 23.0 Å². The van der Waals surface area contributed by atoms with E-state index >= 15 is 0 Å². The van der Waals surface area contributed by atoms with Crippen LogP contribution in [0.2, 0.25) is 0 Å². The van der Waals surface area contributed by atoms with Crippen molar-refractivity contribution in [3.05, 3.63) is 155 Å². The number of fused-ring (bicyclic) bond motifs is 4. The van der Waals surface area contributed by atoms with Crippen LogP contribution in [-0.2, 0) is 0 Å². The zero-order valence-corrected chi connectivity index (χ0v) is 25.5. The SMILES string of the molecule is Oc1ccc2[nH]cc(C(c3cccc(C(c4c[nH]c5ccc(O)cc45)c4c[nH]c5ccc(O)cc45)c3)c3c[nH]c4ccc(O)cc34)c2c1. The summed E-state index contributed by atoms with van der Waals surface area (Å²) in [6, 6.07) is 29.8. The van der Waals surface area contributed by atoms with E-state index in [1.54, 1.807) is 48.5 Å². The lowest BCUT2D eigenvalue weighted by Crippen LogP contribution is -2.07. The number of benzene rings is 5. The highest BCUT2D eigenvalue weighted by molar-refractivity contribution is 5.92. The zero-order valence-electron chi connectivity index (χ0n) is 25.5. The average molecular weight is 631 g/mol. The molecule has 0 atom stereocenters. The first kappa shape index (κ1) is 27.7. The van der Waals surface area contributed by atoms with E-state index in [0.29, 0.717) is 0 Å². The summed E-state index contributed by atoms with van der Waals surface area (Å²) in [5.74, 6) is 0.150. The highest BCUT2D eigenvalue weighted by atomic mass is 16.3. The van der Waals surface area contributed by atoms with Crippen molar-refractivity contribution < 1.29 is 20.4 Å². The Kier molecular flexibility index (Phi) is 6.07. The zero-order chi connectivity index (χ0) is 32.5. The van der Waals surface area contributed by atoms with E-state index in [0.717, 1.165) is 77.0 Å². The van der Waals surface area contributed by atoms with E-state index < -0.39 is 0 Å². The van der Waals surface area contributed by atoms with Gasteiger partial charge in [-0.05, 0) is 106 Å². The van der Waals surface area contributed by atoms with Gasteiger partial charge >= 0.3 is 0 Å². The van der Waals surface area contributed by atoms with Gasteiger partial charge in [0, 0.05) is 80.2 Å². The first-order valence-electron chi connectivity index (χ1n) is 15.7. The molecule has 0 saturated carbocycles. The van der Waals surface area contributed by atoms with Gasteiger partial charge in [0.1, 0.15) is 23.0 Å². The Morgan fingerprint density at radius 1 is 0.354 bits per heavy atom.